The molecule has 1 aromatic carbocycles. The van der Waals surface area contributed by atoms with Crippen LogP contribution in [0.2, 0.25) is 0 Å². The third kappa shape index (κ3) is 2.66. The molecule has 2 rings (SSSR count). The number of nitrogens with one attached hydrogen (secondary N) is 1. The molecule has 1 aromatic heterocycles. The summed E-state index contributed by atoms with van der Waals surface area (Å²) in [6.07, 6.45) is 1.94. The highest BCUT2D eigenvalue weighted by atomic mass is 32.2. The van der Waals surface area contributed by atoms with E-state index in [0.29, 0.717) is 5.69 Å². The van der Waals surface area contributed by atoms with Crippen molar-refractivity contribution in [3.63, 3.8) is 0 Å². The van der Waals surface area contributed by atoms with Gasteiger partial charge in [-0.2, -0.15) is 0 Å². The Bertz CT molecular complexity index is 570. The molecule has 0 amide bonds. The van der Waals surface area contributed by atoms with Crippen molar-refractivity contribution >= 4 is 17.4 Å². The summed E-state index contributed by atoms with van der Waals surface area (Å²) >= 11 is 1.65. The molecule has 0 bridgehead atoms. The van der Waals surface area contributed by atoms with E-state index in [2.05, 4.69) is 11.1 Å². The van der Waals surface area contributed by atoms with Crippen LogP contribution in [-0.4, -0.2) is 19.2 Å². The number of anilines is 1. The molecule has 102 valence electrons. The van der Waals surface area contributed by atoms with Gasteiger partial charge in [-0.3, -0.25) is 0 Å². The van der Waals surface area contributed by atoms with E-state index in [-0.39, 0.29) is 0 Å². The molecule has 0 radical (unpaired) electrons. The number of aryl methyl sites for hydroxylation is 1. The van der Waals surface area contributed by atoms with Crippen molar-refractivity contribution in [2.75, 3.05) is 20.0 Å². The number of rotatable bonds is 4. The summed E-state index contributed by atoms with van der Waals surface area (Å²) in [6.45, 7) is 4.02. The number of nitrogen functional groups attached to an aromatic ring is 1. The van der Waals surface area contributed by atoms with E-state index in [4.69, 9.17) is 15.2 Å². The van der Waals surface area contributed by atoms with Gasteiger partial charge in [0, 0.05) is 21.6 Å². The summed E-state index contributed by atoms with van der Waals surface area (Å²) < 4.78 is 10.5. The Morgan fingerprint density at radius 1 is 1.16 bits per heavy atom. The van der Waals surface area contributed by atoms with Crippen LogP contribution in [0.25, 0.3) is 0 Å². The number of aromatic nitrogens is 1. The molecule has 0 fully saturated rings. The second kappa shape index (κ2) is 5.48. The fraction of sp³-hybridized carbons (Fsp3) is 0.286. The van der Waals surface area contributed by atoms with E-state index in [1.54, 1.807) is 26.0 Å². The van der Waals surface area contributed by atoms with Crippen molar-refractivity contribution in [3.8, 4) is 11.6 Å². The van der Waals surface area contributed by atoms with Gasteiger partial charge in [-0.05, 0) is 31.5 Å². The normalized spacial score (nSPS) is 10.5. The first-order valence-corrected chi connectivity index (χ1v) is 6.72. The minimum atomic E-state index is 0.658. The Hall–Kier alpha value is -1.75. The van der Waals surface area contributed by atoms with Crippen molar-refractivity contribution in [1.82, 2.24) is 4.98 Å². The molecule has 4 nitrogen and oxygen atoms in total. The average molecular weight is 278 g/mol. The number of hydrogen-bond donors (Lipinski definition) is 2. The standard InChI is InChI=1S/C14H18N2O2S/c1-8-5-10(6-11(15)13(8)17-3)19-12-7-16-14(18-4)9(12)2/h5-7,16H,15H2,1-4H3. The Morgan fingerprint density at radius 3 is 2.42 bits per heavy atom. The zero-order valence-electron chi connectivity index (χ0n) is 11.5. The molecule has 0 aliphatic carbocycles. The van der Waals surface area contributed by atoms with Gasteiger partial charge in [0.1, 0.15) is 5.75 Å². The minimum Gasteiger partial charge on any atom is -0.494 e. The predicted molar refractivity (Wildman–Crippen MR) is 78.3 cm³/mol. The summed E-state index contributed by atoms with van der Waals surface area (Å²) in [5.41, 5.74) is 8.77. The lowest BCUT2D eigenvalue weighted by atomic mass is 10.2. The van der Waals surface area contributed by atoms with Gasteiger partial charge in [0.15, 0.2) is 5.88 Å². The van der Waals surface area contributed by atoms with E-state index in [1.807, 2.05) is 26.1 Å². The Balaban J connectivity index is 2.31. The fourth-order valence-electron chi connectivity index (χ4n) is 2.01. The lowest BCUT2D eigenvalue weighted by molar-refractivity contribution is 0.397. The first-order valence-electron chi connectivity index (χ1n) is 5.90. The lowest BCUT2D eigenvalue weighted by Crippen LogP contribution is -1.95. The molecule has 0 unspecified atom stereocenters. The van der Waals surface area contributed by atoms with Crippen LogP contribution in [-0.2, 0) is 0 Å². The molecule has 5 heteroatoms. The molecule has 1 heterocycles. The molecule has 2 aromatic rings. The number of benzene rings is 1. The molecule has 0 spiro atoms. The van der Waals surface area contributed by atoms with Crippen LogP contribution in [0.5, 0.6) is 11.6 Å². The summed E-state index contributed by atoms with van der Waals surface area (Å²) in [5, 5.41) is 0. The molecule has 3 N–H and O–H groups in total. The Labute approximate surface area is 117 Å². The van der Waals surface area contributed by atoms with E-state index >= 15 is 0 Å². The monoisotopic (exact) mass is 278 g/mol. The van der Waals surface area contributed by atoms with Gasteiger partial charge in [0.2, 0.25) is 0 Å². The van der Waals surface area contributed by atoms with Crippen LogP contribution >= 0.6 is 11.8 Å². The van der Waals surface area contributed by atoms with Crippen LogP contribution in [0.1, 0.15) is 11.1 Å². The van der Waals surface area contributed by atoms with E-state index in [1.165, 1.54) is 0 Å². The number of methoxy groups -OCH3 is 2. The van der Waals surface area contributed by atoms with E-state index < -0.39 is 0 Å². The predicted octanol–water partition coefficient (Wildman–Crippen LogP) is 3.38. The maximum absolute atomic E-state index is 5.98. The SMILES string of the molecule is COc1[nH]cc(Sc2cc(C)c(OC)c(N)c2)c1C. The quantitative estimate of drug-likeness (QED) is 0.842. The highest BCUT2D eigenvalue weighted by molar-refractivity contribution is 7.99. The smallest absolute Gasteiger partial charge is 0.194 e. The topological polar surface area (TPSA) is 60.3 Å². The molecule has 0 atom stereocenters. The lowest BCUT2D eigenvalue weighted by Gasteiger charge is -2.10. The maximum atomic E-state index is 5.98. The summed E-state index contributed by atoms with van der Waals surface area (Å²) in [5.74, 6) is 1.54. The van der Waals surface area contributed by atoms with Crippen molar-refractivity contribution in [2.45, 2.75) is 23.6 Å². The van der Waals surface area contributed by atoms with Gasteiger partial charge in [-0.15, -0.1) is 0 Å². The van der Waals surface area contributed by atoms with Crippen LogP contribution in [0.3, 0.4) is 0 Å². The molecule has 0 saturated carbocycles. The second-order valence-corrected chi connectivity index (χ2v) is 5.39. The van der Waals surface area contributed by atoms with Crippen molar-refractivity contribution < 1.29 is 9.47 Å². The number of H-pyrrole nitrogens is 1. The van der Waals surface area contributed by atoms with Crippen molar-refractivity contribution in [3.05, 3.63) is 29.5 Å². The Kier molecular flexibility index (Phi) is 3.95. The van der Waals surface area contributed by atoms with Gasteiger partial charge >= 0.3 is 0 Å². The Morgan fingerprint density at radius 2 is 1.89 bits per heavy atom. The van der Waals surface area contributed by atoms with E-state index in [0.717, 1.165) is 32.5 Å². The van der Waals surface area contributed by atoms with Gasteiger partial charge in [-0.1, -0.05) is 11.8 Å². The highest BCUT2D eigenvalue weighted by Crippen LogP contribution is 2.38. The summed E-state index contributed by atoms with van der Waals surface area (Å²) in [6, 6.07) is 3.99. The van der Waals surface area contributed by atoms with Gasteiger partial charge < -0.3 is 20.2 Å². The van der Waals surface area contributed by atoms with Crippen molar-refractivity contribution in [2.24, 2.45) is 0 Å². The largest absolute Gasteiger partial charge is 0.494 e. The fourth-order valence-corrected chi connectivity index (χ4v) is 3.05. The molecule has 19 heavy (non-hydrogen) atoms. The molecule has 0 aliphatic heterocycles. The number of hydrogen-bond acceptors (Lipinski definition) is 4. The highest BCUT2D eigenvalue weighted by Gasteiger charge is 2.11. The van der Waals surface area contributed by atoms with Crippen LogP contribution in [0, 0.1) is 13.8 Å². The second-order valence-electron chi connectivity index (χ2n) is 4.28. The summed E-state index contributed by atoms with van der Waals surface area (Å²) in [4.78, 5) is 5.31. The third-order valence-electron chi connectivity index (χ3n) is 2.96. The van der Waals surface area contributed by atoms with Crippen LogP contribution in [0.4, 0.5) is 5.69 Å². The third-order valence-corrected chi connectivity index (χ3v) is 4.07. The number of nitrogens with two attached hydrogens (primary N) is 1. The molecule has 0 saturated heterocycles. The van der Waals surface area contributed by atoms with Crippen LogP contribution in [0.15, 0.2) is 28.1 Å². The maximum Gasteiger partial charge on any atom is 0.194 e. The molecule has 0 aliphatic rings. The minimum absolute atomic E-state index is 0.658. The van der Waals surface area contributed by atoms with Gasteiger partial charge in [0.25, 0.3) is 0 Å². The molecular weight excluding hydrogens is 260 g/mol. The first-order chi connectivity index (χ1) is 9.06. The van der Waals surface area contributed by atoms with E-state index in [9.17, 15) is 0 Å². The zero-order valence-corrected chi connectivity index (χ0v) is 12.4. The van der Waals surface area contributed by atoms with Gasteiger partial charge in [-0.25, -0.2) is 0 Å². The molecular formula is C14H18N2O2S. The summed E-state index contributed by atoms with van der Waals surface area (Å²) in [7, 11) is 3.29. The van der Waals surface area contributed by atoms with Crippen molar-refractivity contribution in [1.29, 1.82) is 0 Å². The number of aromatic amines is 1. The zero-order chi connectivity index (χ0) is 14.0. The van der Waals surface area contributed by atoms with Gasteiger partial charge in [0.05, 0.1) is 19.9 Å². The number of ether oxygens (including phenoxy) is 2. The first kappa shape index (κ1) is 13.7. The van der Waals surface area contributed by atoms with Crippen LogP contribution < -0.4 is 15.2 Å². The average Bonchev–Trinajstić information content (AvgIpc) is 2.70.